The van der Waals surface area contributed by atoms with E-state index < -0.39 is 0 Å². The number of ether oxygens (including phenoxy) is 1. The van der Waals surface area contributed by atoms with Crippen LogP contribution in [0.2, 0.25) is 0 Å². The van der Waals surface area contributed by atoms with E-state index in [0.29, 0.717) is 40.5 Å². The maximum atomic E-state index is 13.8. The van der Waals surface area contributed by atoms with Crippen molar-refractivity contribution in [1.29, 1.82) is 0 Å². The van der Waals surface area contributed by atoms with Gasteiger partial charge in [-0.25, -0.2) is 4.90 Å². The van der Waals surface area contributed by atoms with Crippen LogP contribution in [0.15, 0.2) is 78.5 Å². The van der Waals surface area contributed by atoms with Crippen molar-refractivity contribution in [1.82, 2.24) is 0 Å². The van der Waals surface area contributed by atoms with Crippen LogP contribution in [0, 0.1) is 0 Å². The second-order valence-corrected chi connectivity index (χ2v) is 8.16. The Bertz CT molecular complexity index is 1330. The Morgan fingerprint density at radius 3 is 2.29 bits per heavy atom. The molecule has 0 bridgehead atoms. The molecule has 0 aromatic heterocycles. The Hall–Kier alpha value is -4.39. The molecule has 170 valence electrons. The van der Waals surface area contributed by atoms with Crippen LogP contribution in [0.1, 0.15) is 18.1 Å². The zero-order chi connectivity index (χ0) is 23.8. The minimum absolute atomic E-state index is 0.195. The molecule has 0 fully saturated rings. The average molecular weight is 453 g/mol. The molecule has 2 aliphatic heterocycles. The molecule has 3 amide bonds. The second kappa shape index (κ2) is 8.51. The maximum Gasteiger partial charge on any atom is 0.282 e. The standard InChI is InChI=1S/C27H23N3O4/c1-17(31)28-20-9-11-21(12-10-20)30-26(32)24(19-7-13-22(34-2)14-8-19)25(27(30)33)29-16-15-18-5-3-4-6-23(18)29/h3-14H,15-16H2,1-2H3,(H,28,31). The van der Waals surface area contributed by atoms with Gasteiger partial charge in [0, 0.05) is 24.8 Å². The number of hydrogen-bond donors (Lipinski definition) is 1. The van der Waals surface area contributed by atoms with E-state index in [-0.39, 0.29) is 17.7 Å². The highest BCUT2D eigenvalue weighted by atomic mass is 16.5. The third-order valence-corrected chi connectivity index (χ3v) is 6.04. The number of anilines is 3. The predicted molar refractivity (Wildman–Crippen MR) is 131 cm³/mol. The van der Waals surface area contributed by atoms with Gasteiger partial charge in [-0.05, 0) is 60.0 Å². The minimum atomic E-state index is -0.387. The van der Waals surface area contributed by atoms with Crippen molar-refractivity contribution >= 4 is 40.4 Å². The van der Waals surface area contributed by atoms with Gasteiger partial charge in [-0.15, -0.1) is 0 Å². The van der Waals surface area contributed by atoms with Crippen LogP contribution in [-0.4, -0.2) is 31.4 Å². The number of benzene rings is 3. The summed E-state index contributed by atoms with van der Waals surface area (Å²) in [5.41, 5.74) is 4.48. The van der Waals surface area contributed by atoms with Crippen molar-refractivity contribution < 1.29 is 19.1 Å². The summed E-state index contributed by atoms with van der Waals surface area (Å²) in [6.45, 7) is 2.04. The van der Waals surface area contributed by atoms with Crippen molar-refractivity contribution in [3.05, 3.63) is 89.6 Å². The van der Waals surface area contributed by atoms with Gasteiger partial charge in [-0.2, -0.15) is 0 Å². The summed E-state index contributed by atoms with van der Waals surface area (Å²) in [5.74, 6) is -0.291. The van der Waals surface area contributed by atoms with Gasteiger partial charge in [0.25, 0.3) is 11.8 Å². The fourth-order valence-corrected chi connectivity index (χ4v) is 4.49. The summed E-state index contributed by atoms with van der Waals surface area (Å²) in [6.07, 6.45) is 0.794. The molecule has 1 N–H and O–H groups in total. The highest BCUT2D eigenvalue weighted by molar-refractivity contribution is 6.46. The Balaban J connectivity index is 1.60. The Kier molecular flexibility index (Phi) is 5.37. The van der Waals surface area contributed by atoms with Gasteiger partial charge >= 0.3 is 0 Å². The number of para-hydroxylation sites is 1. The first-order chi connectivity index (χ1) is 16.5. The molecular weight excluding hydrogens is 430 g/mol. The van der Waals surface area contributed by atoms with Gasteiger partial charge in [-0.3, -0.25) is 14.4 Å². The van der Waals surface area contributed by atoms with Crippen LogP contribution in [0.25, 0.3) is 5.57 Å². The highest BCUT2D eigenvalue weighted by Crippen LogP contribution is 2.40. The zero-order valence-corrected chi connectivity index (χ0v) is 18.9. The quantitative estimate of drug-likeness (QED) is 0.591. The van der Waals surface area contributed by atoms with E-state index >= 15 is 0 Å². The smallest absolute Gasteiger partial charge is 0.282 e. The van der Waals surface area contributed by atoms with E-state index in [9.17, 15) is 14.4 Å². The van der Waals surface area contributed by atoms with Crippen LogP contribution in [0.5, 0.6) is 5.75 Å². The van der Waals surface area contributed by atoms with Crippen LogP contribution in [0.4, 0.5) is 17.1 Å². The number of nitrogens with one attached hydrogen (secondary N) is 1. The van der Waals surface area contributed by atoms with E-state index in [1.54, 1.807) is 55.6 Å². The lowest BCUT2D eigenvalue weighted by Gasteiger charge is -2.22. The molecular formula is C27H23N3O4. The fraction of sp³-hybridized carbons (Fsp3) is 0.148. The summed E-state index contributed by atoms with van der Waals surface area (Å²) < 4.78 is 5.26. The van der Waals surface area contributed by atoms with Crippen molar-refractivity contribution in [3.63, 3.8) is 0 Å². The number of methoxy groups -OCH3 is 1. The predicted octanol–water partition coefficient (Wildman–Crippen LogP) is 4.00. The highest BCUT2D eigenvalue weighted by Gasteiger charge is 2.44. The molecule has 0 aliphatic carbocycles. The molecule has 0 saturated carbocycles. The summed E-state index contributed by atoms with van der Waals surface area (Å²) in [7, 11) is 1.58. The molecule has 34 heavy (non-hydrogen) atoms. The SMILES string of the molecule is COc1ccc(C2=C(N3CCc4ccccc43)C(=O)N(c3ccc(NC(C)=O)cc3)C2=O)cc1. The summed E-state index contributed by atoms with van der Waals surface area (Å²) in [4.78, 5) is 42.0. The third-order valence-electron chi connectivity index (χ3n) is 6.04. The molecule has 5 rings (SSSR count). The van der Waals surface area contributed by atoms with Crippen molar-refractivity contribution in [2.45, 2.75) is 13.3 Å². The Labute approximate surface area is 197 Å². The first-order valence-corrected chi connectivity index (χ1v) is 11.0. The molecule has 0 spiro atoms. The molecule has 7 heteroatoms. The monoisotopic (exact) mass is 453 g/mol. The molecule has 0 saturated heterocycles. The number of carbonyl (C=O) groups excluding carboxylic acids is 3. The van der Waals surface area contributed by atoms with E-state index in [2.05, 4.69) is 5.32 Å². The summed E-state index contributed by atoms with van der Waals surface area (Å²) in [6, 6.07) is 21.8. The lowest BCUT2D eigenvalue weighted by Crippen LogP contribution is -2.34. The van der Waals surface area contributed by atoms with Gasteiger partial charge in [0.2, 0.25) is 5.91 Å². The van der Waals surface area contributed by atoms with Crippen molar-refractivity contribution in [3.8, 4) is 5.75 Å². The Morgan fingerprint density at radius 2 is 1.62 bits per heavy atom. The zero-order valence-electron chi connectivity index (χ0n) is 18.9. The van der Waals surface area contributed by atoms with Gasteiger partial charge < -0.3 is 15.0 Å². The number of fused-ring (bicyclic) bond motifs is 1. The number of amides is 3. The average Bonchev–Trinajstić information content (AvgIpc) is 3.37. The molecule has 2 heterocycles. The number of rotatable bonds is 5. The van der Waals surface area contributed by atoms with E-state index in [4.69, 9.17) is 4.74 Å². The van der Waals surface area contributed by atoms with E-state index in [1.165, 1.54) is 11.8 Å². The topological polar surface area (TPSA) is 79.0 Å². The fourth-order valence-electron chi connectivity index (χ4n) is 4.49. The maximum absolute atomic E-state index is 13.8. The molecule has 3 aromatic rings. The van der Waals surface area contributed by atoms with E-state index in [1.807, 2.05) is 29.2 Å². The van der Waals surface area contributed by atoms with Crippen molar-refractivity contribution in [2.75, 3.05) is 28.8 Å². The molecule has 0 atom stereocenters. The molecule has 2 aliphatic rings. The number of nitrogens with zero attached hydrogens (tertiary/aromatic N) is 2. The lowest BCUT2D eigenvalue weighted by molar-refractivity contribution is -0.120. The number of imide groups is 1. The van der Waals surface area contributed by atoms with Gasteiger partial charge in [0.1, 0.15) is 11.4 Å². The van der Waals surface area contributed by atoms with Gasteiger partial charge in [-0.1, -0.05) is 30.3 Å². The summed E-state index contributed by atoms with van der Waals surface area (Å²) in [5, 5.41) is 2.70. The van der Waals surface area contributed by atoms with Gasteiger partial charge in [0.15, 0.2) is 0 Å². The number of carbonyl (C=O) groups is 3. The largest absolute Gasteiger partial charge is 0.497 e. The lowest BCUT2D eigenvalue weighted by atomic mass is 10.0. The van der Waals surface area contributed by atoms with Crippen LogP contribution < -0.4 is 19.9 Å². The Morgan fingerprint density at radius 1 is 0.912 bits per heavy atom. The van der Waals surface area contributed by atoms with Crippen molar-refractivity contribution in [2.24, 2.45) is 0 Å². The van der Waals surface area contributed by atoms with Crippen LogP contribution in [0.3, 0.4) is 0 Å². The summed E-state index contributed by atoms with van der Waals surface area (Å²) >= 11 is 0. The third kappa shape index (κ3) is 3.61. The normalized spacial score (nSPS) is 15.1. The first-order valence-electron chi connectivity index (χ1n) is 11.0. The van der Waals surface area contributed by atoms with Gasteiger partial charge in [0.05, 0.1) is 18.4 Å². The second-order valence-electron chi connectivity index (χ2n) is 8.16. The molecule has 7 nitrogen and oxygen atoms in total. The van der Waals surface area contributed by atoms with Crippen LogP contribution >= 0.6 is 0 Å². The first kappa shape index (κ1) is 21.5. The van der Waals surface area contributed by atoms with Crippen LogP contribution in [-0.2, 0) is 20.8 Å². The number of hydrogen-bond acceptors (Lipinski definition) is 5. The molecule has 3 aromatic carbocycles. The minimum Gasteiger partial charge on any atom is -0.497 e. The molecule has 0 unspecified atom stereocenters. The van der Waals surface area contributed by atoms with E-state index in [0.717, 1.165) is 17.7 Å². The molecule has 0 radical (unpaired) electrons.